The van der Waals surface area contributed by atoms with Crippen LogP contribution < -0.4 is 4.74 Å². The third-order valence-electron chi connectivity index (χ3n) is 4.78. The predicted octanol–water partition coefficient (Wildman–Crippen LogP) is 2.81. The van der Waals surface area contributed by atoms with Gasteiger partial charge < -0.3 is 19.1 Å². The summed E-state index contributed by atoms with van der Waals surface area (Å²) in [5.41, 5.74) is 0.372. The average Bonchev–Trinajstić information content (AvgIpc) is 3.13. The van der Waals surface area contributed by atoms with Crippen LogP contribution in [0.25, 0.3) is 11.4 Å². The number of benzene rings is 1. The number of imidazole rings is 1. The molecule has 1 fully saturated rings. The minimum absolute atomic E-state index is 0.680. The molecule has 3 rings (SSSR count). The highest BCUT2D eigenvalue weighted by Gasteiger charge is 2.14. The molecule has 6 heteroatoms. The molecule has 0 aliphatic carbocycles. The minimum Gasteiger partial charge on any atom is -0.494 e. The smallest absolute Gasteiger partial charge is 0.139 e. The van der Waals surface area contributed by atoms with E-state index in [1.807, 2.05) is 44.3 Å². The van der Waals surface area contributed by atoms with E-state index in [-0.39, 0.29) is 0 Å². The zero-order valence-electron chi connectivity index (χ0n) is 16.4. The summed E-state index contributed by atoms with van der Waals surface area (Å²) in [5, 5.41) is 9.94. The number of ether oxygens (including phenoxy) is 2. The van der Waals surface area contributed by atoms with E-state index in [0.29, 0.717) is 6.42 Å². The van der Waals surface area contributed by atoms with Gasteiger partial charge in [0.2, 0.25) is 0 Å². The van der Waals surface area contributed by atoms with Crippen molar-refractivity contribution in [3.63, 3.8) is 0 Å². The van der Waals surface area contributed by atoms with Crippen molar-refractivity contribution >= 4 is 0 Å². The van der Waals surface area contributed by atoms with E-state index in [1.54, 1.807) is 6.20 Å². The van der Waals surface area contributed by atoms with Gasteiger partial charge in [0.05, 0.1) is 25.4 Å². The zero-order valence-corrected chi connectivity index (χ0v) is 16.4. The van der Waals surface area contributed by atoms with Crippen LogP contribution in [0.2, 0.25) is 0 Å². The van der Waals surface area contributed by atoms with Crippen LogP contribution in [0.15, 0.2) is 36.7 Å². The summed E-state index contributed by atoms with van der Waals surface area (Å²) in [6.45, 7) is 9.89. The van der Waals surface area contributed by atoms with E-state index >= 15 is 0 Å². The molecular weight excluding hydrogens is 342 g/mol. The van der Waals surface area contributed by atoms with E-state index in [0.717, 1.165) is 69.6 Å². The Kier molecular flexibility index (Phi) is 6.88. The number of aliphatic hydroxyl groups is 1. The van der Waals surface area contributed by atoms with Crippen LogP contribution in [0.4, 0.5) is 0 Å². The quantitative estimate of drug-likeness (QED) is 0.685. The average molecular weight is 373 g/mol. The fraction of sp³-hybridized carbons (Fsp3) is 0.571. The Morgan fingerprint density at radius 1 is 1.15 bits per heavy atom. The van der Waals surface area contributed by atoms with E-state index in [4.69, 9.17) is 9.47 Å². The molecule has 1 aromatic heterocycles. The van der Waals surface area contributed by atoms with Crippen LogP contribution in [-0.4, -0.2) is 64.6 Å². The van der Waals surface area contributed by atoms with Gasteiger partial charge in [0, 0.05) is 44.1 Å². The van der Waals surface area contributed by atoms with Crippen LogP contribution >= 0.6 is 0 Å². The molecule has 1 N–H and O–H groups in total. The third kappa shape index (κ3) is 6.34. The molecule has 0 spiro atoms. The third-order valence-corrected chi connectivity index (χ3v) is 4.78. The summed E-state index contributed by atoms with van der Waals surface area (Å²) in [6.07, 6.45) is 5.46. The molecule has 27 heavy (non-hydrogen) atoms. The molecule has 1 saturated heterocycles. The minimum atomic E-state index is -0.680. The Balaban J connectivity index is 1.48. The van der Waals surface area contributed by atoms with Gasteiger partial charge >= 0.3 is 0 Å². The van der Waals surface area contributed by atoms with Crippen LogP contribution in [0.5, 0.6) is 5.75 Å². The van der Waals surface area contributed by atoms with Crippen molar-refractivity contribution in [1.29, 1.82) is 0 Å². The highest BCUT2D eigenvalue weighted by Crippen LogP contribution is 2.22. The van der Waals surface area contributed by atoms with Crippen molar-refractivity contribution in [2.45, 2.75) is 38.8 Å². The summed E-state index contributed by atoms with van der Waals surface area (Å²) < 4.78 is 13.3. The molecule has 0 radical (unpaired) electrons. The van der Waals surface area contributed by atoms with Gasteiger partial charge in [0.15, 0.2) is 0 Å². The van der Waals surface area contributed by atoms with Gasteiger partial charge in [-0.3, -0.25) is 4.90 Å². The Morgan fingerprint density at radius 2 is 1.89 bits per heavy atom. The van der Waals surface area contributed by atoms with Crippen LogP contribution in [-0.2, 0) is 11.3 Å². The second-order valence-corrected chi connectivity index (χ2v) is 7.69. The molecule has 6 nitrogen and oxygen atoms in total. The fourth-order valence-electron chi connectivity index (χ4n) is 3.15. The lowest BCUT2D eigenvalue weighted by Crippen LogP contribution is -2.37. The number of hydrogen-bond donors (Lipinski definition) is 1. The molecule has 0 atom stereocenters. The monoisotopic (exact) mass is 373 g/mol. The molecule has 2 aromatic rings. The molecule has 148 valence electrons. The summed E-state index contributed by atoms with van der Waals surface area (Å²) in [5.74, 6) is 1.80. The summed E-state index contributed by atoms with van der Waals surface area (Å²) in [6, 6.07) is 8.08. The first kappa shape index (κ1) is 19.9. The number of aromatic nitrogens is 2. The van der Waals surface area contributed by atoms with E-state index in [2.05, 4.69) is 14.5 Å². The van der Waals surface area contributed by atoms with Gasteiger partial charge in [-0.05, 0) is 51.0 Å². The predicted molar refractivity (Wildman–Crippen MR) is 106 cm³/mol. The molecule has 1 aromatic carbocycles. The van der Waals surface area contributed by atoms with Crippen LogP contribution in [0, 0.1) is 0 Å². The lowest BCUT2D eigenvalue weighted by atomic mass is 10.1. The standard InChI is InChI=1S/C21H31N3O3/c1-21(2,25)8-11-24-12-9-22-20(24)18-4-6-19(7-5-18)27-15-3-10-23-13-16-26-17-14-23/h4-7,9,12,25H,3,8,10-11,13-17H2,1-2H3. The molecule has 0 amide bonds. The van der Waals surface area contributed by atoms with Crippen molar-refractivity contribution in [3.8, 4) is 17.1 Å². The van der Waals surface area contributed by atoms with Crippen LogP contribution in [0.1, 0.15) is 26.7 Å². The van der Waals surface area contributed by atoms with E-state index in [1.165, 1.54) is 0 Å². The Labute approximate surface area is 161 Å². The van der Waals surface area contributed by atoms with Crippen molar-refractivity contribution in [3.05, 3.63) is 36.7 Å². The first-order chi connectivity index (χ1) is 13.0. The van der Waals surface area contributed by atoms with Gasteiger partial charge in [-0.1, -0.05) is 0 Å². The maximum atomic E-state index is 9.94. The van der Waals surface area contributed by atoms with E-state index in [9.17, 15) is 5.11 Å². The first-order valence-electron chi connectivity index (χ1n) is 9.78. The number of nitrogens with zero attached hydrogens (tertiary/aromatic N) is 3. The highest BCUT2D eigenvalue weighted by molar-refractivity contribution is 5.56. The maximum Gasteiger partial charge on any atom is 0.139 e. The lowest BCUT2D eigenvalue weighted by Gasteiger charge is -2.26. The second-order valence-electron chi connectivity index (χ2n) is 7.69. The Hall–Kier alpha value is -1.89. The van der Waals surface area contributed by atoms with Crippen molar-refractivity contribution < 1.29 is 14.6 Å². The molecular formula is C21H31N3O3. The number of aryl methyl sites for hydroxylation is 1. The molecule has 1 aliphatic heterocycles. The Bertz CT molecular complexity index is 685. The fourth-order valence-corrected chi connectivity index (χ4v) is 3.15. The van der Waals surface area contributed by atoms with Crippen molar-refractivity contribution in [2.24, 2.45) is 0 Å². The molecule has 0 saturated carbocycles. The molecule has 0 bridgehead atoms. The van der Waals surface area contributed by atoms with Gasteiger partial charge in [0.25, 0.3) is 0 Å². The largest absolute Gasteiger partial charge is 0.494 e. The topological polar surface area (TPSA) is 59.8 Å². The number of morpholine rings is 1. The van der Waals surface area contributed by atoms with Gasteiger partial charge in [0.1, 0.15) is 11.6 Å². The number of rotatable bonds is 9. The highest BCUT2D eigenvalue weighted by atomic mass is 16.5. The Morgan fingerprint density at radius 3 is 2.59 bits per heavy atom. The second kappa shape index (κ2) is 9.35. The van der Waals surface area contributed by atoms with Crippen LogP contribution in [0.3, 0.4) is 0 Å². The first-order valence-corrected chi connectivity index (χ1v) is 9.78. The molecule has 0 unspecified atom stereocenters. The summed E-state index contributed by atoms with van der Waals surface area (Å²) in [4.78, 5) is 6.89. The zero-order chi connectivity index (χ0) is 19.1. The summed E-state index contributed by atoms with van der Waals surface area (Å²) >= 11 is 0. The van der Waals surface area contributed by atoms with Gasteiger partial charge in [-0.2, -0.15) is 0 Å². The van der Waals surface area contributed by atoms with E-state index < -0.39 is 5.60 Å². The van der Waals surface area contributed by atoms with Crippen molar-refractivity contribution in [1.82, 2.24) is 14.5 Å². The summed E-state index contributed by atoms with van der Waals surface area (Å²) in [7, 11) is 0. The SMILES string of the molecule is CC(C)(O)CCn1ccnc1-c1ccc(OCCCN2CCOCC2)cc1. The maximum absolute atomic E-state index is 9.94. The van der Waals surface area contributed by atoms with Gasteiger partial charge in [-0.25, -0.2) is 4.98 Å². The molecule has 2 heterocycles. The van der Waals surface area contributed by atoms with Gasteiger partial charge in [-0.15, -0.1) is 0 Å². The lowest BCUT2D eigenvalue weighted by molar-refractivity contribution is 0.0358. The molecule has 1 aliphatic rings. The van der Waals surface area contributed by atoms with Crippen molar-refractivity contribution in [2.75, 3.05) is 39.5 Å². The normalized spacial score (nSPS) is 15.8. The number of hydrogen-bond acceptors (Lipinski definition) is 5.